The van der Waals surface area contributed by atoms with E-state index in [9.17, 15) is 4.79 Å². The van der Waals surface area contributed by atoms with Crippen LogP contribution < -0.4 is 5.32 Å². The average molecular weight is 397 g/mol. The zero-order valence-corrected chi connectivity index (χ0v) is 17.8. The molecule has 2 aromatic carbocycles. The molecule has 3 rings (SSSR count). The standard InChI is InChI=1S/C24H29ClN2O/c1-5-17-7-6-8-20-22(14-26-24(17)20)21(18-9-11-19(25)12-10-18)13-23(28)27-16(4)15(2)3/h6-12,14-16,21,26H,5,13H2,1-4H3,(H,27,28)/t16-,21-/m0/s1. The smallest absolute Gasteiger partial charge is 0.221 e. The first-order valence-corrected chi connectivity index (χ1v) is 10.4. The summed E-state index contributed by atoms with van der Waals surface area (Å²) in [5, 5.41) is 5.03. The molecule has 3 aromatic rings. The monoisotopic (exact) mass is 396 g/mol. The van der Waals surface area contributed by atoms with Gasteiger partial charge in [-0.2, -0.15) is 0 Å². The molecule has 0 bridgehead atoms. The molecule has 0 saturated carbocycles. The Morgan fingerprint density at radius 3 is 2.46 bits per heavy atom. The number of aromatic amines is 1. The molecule has 2 N–H and O–H groups in total. The number of hydrogen-bond acceptors (Lipinski definition) is 1. The van der Waals surface area contributed by atoms with Gasteiger partial charge >= 0.3 is 0 Å². The highest BCUT2D eigenvalue weighted by atomic mass is 35.5. The summed E-state index contributed by atoms with van der Waals surface area (Å²) in [4.78, 5) is 16.3. The number of nitrogens with one attached hydrogen (secondary N) is 2. The number of para-hydroxylation sites is 1. The van der Waals surface area contributed by atoms with Crippen LogP contribution in [0, 0.1) is 5.92 Å². The number of carbonyl (C=O) groups excluding carboxylic acids is 1. The first kappa shape index (κ1) is 20.5. The predicted molar refractivity (Wildman–Crippen MR) is 118 cm³/mol. The van der Waals surface area contributed by atoms with Crippen molar-refractivity contribution in [1.82, 2.24) is 10.3 Å². The van der Waals surface area contributed by atoms with Crippen molar-refractivity contribution in [3.63, 3.8) is 0 Å². The number of H-pyrrole nitrogens is 1. The molecule has 0 radical (unpaired) electrons. The normalized spacial score (nSPS) is 13.6. The molecule has 0 aliphatic heterocycles. The third kappa shape index (κ3) is 4.41. The molecule has 3 nitrogen and oxygen atoms in total. The number of aromatic nitrogens is 1. The van der Waals surface area contributed by atoms with Crippen LogP contribution in [-0.4, -0.2) is 16.9 Å². The number of halogens is 1. The van der Waals surface area contributed by atoms with Gasteiger partial charge < -0.3 is 10.3 Å². The van der Waals surface area contributed by atoms with Gasteiger partial charge in [-0.3, -0.25) is 4.79 Å². The van der Waals surface area contributed by atoms with Crippen molar-refractivity contribution in [2.45, 2.75) is 52.5 Å². The number of benzene rings is 2. The Kier molecular flexibility index (Phi) is 6.46. The summed E-state index contributed by atoms with van der Waals surface area (Å²) >= 11 is 6.10. The Morgan fingerprint density at radius 1 is 1.11 bits per heavy atom. The molecule has 4 heteroatoms. The Balaban J connectivity index is 2.00. The molecule has 0 aliphatic carbocycles. The van der Waals surface area contributed by atoms with E-state index in [-0.39, 0.29) is 17.9 Å². The van der Waals surface area contributed by atoms with Crippen molar-refractivity contribution in [1.29, 1.82) is 0 Å². The summed E-state index contributed by atoms with van der Waals surface area (Å²) in [7, 11) is 0. The quantitative estimate of drug-likeness (QED) is 0.500. The molecule has 1 aromatic heterocycles. The van der Waals surface area contributed by atoms with E-state index in [1.54, 1.807) is 0 Å². The van der Waals surface area contributed by atoms with Gasteiger partial charge in [-0.15, -0.1) is 0 Å². The third-order valence-corrected chi connectivity index (χ3v) is 5.89. The second kappa shape index (κ2) is 8.83. The van der Waals surface area contributed by atoms with Gasteiger partial charge in [0.05, 0.1) is 0 Å². The van der Waals surface area contributed by atoms with Gasteiger partial charge in [-0.25, -0.2) is 0 Å². The molecule has 28 heavy (non-hydrogen) atoms. The second-order valence-electron chi connectivity index (χ2n) is 7.85. The van der Waals surface area contributed by atoms with Gasteiger partial charge in [-0.05, 0) is 48.1 Å². The van der Waals surface area contributed by atoms with E-state index in [4.69, 9.17) is 11.6 Å². The van der Waals surface area contributed by atoms with Crippen LogP contribution in [0.3, 0.4) is 0 Å². The van der Waals surface area contributed by atoms with Gasteiger partial charge in [0, 0.05) is 40.5 Å². The lowest BCUT2D eigenvalue weighted by Gasteiger charge is -2.21. The van der Waals surface area contributed by atoms with E-state index in [0.717, 1.165) is 23.1 Å². The molecule has 2 atom stereocenters. The number of rotatable bonds is 7. The number of amides is 1. The van der Waals surface area contributed by atoms with E-state index >= 15 is 0 Å². The van der Waals surface area contributed by atoms with Crippen molar-refractivity contribution < 1.29 is 4.79 Å². The van der Waals surface area contributed by atoms with Crippen molar-refractivity contribution in [3.05, 3.63) is 70.4 Å². The van der Waals surface area contributed by atoms with Crippen LogP contribution in [0.5, 0.6) is 0 Å². The van der Waals surface area contributed by atoms with Crippen LogP contribution in [0.4, 0.5) is 0 Å². The molecular weight excluding hydrogens is 368 g/mol. The molecule has 0 fully saturated rings. The van der Waals surface area contributed by atoms with Gasteiger partial charge in [0.15, 0.2) is 0 Å². The SMILES string of the molecule is CCc1cccc2c([C@@H](CC(=O)N[C@@H](C)C(C)C)c3ccc(Cl)cc3)c[nH]c12. The molecule has 0 unspecified atom stereocenters. The third-order valence-electron chi connectivity index (χ3n) is 5.64. The summed E-state index contributed by atoms with van der Waals surface area (Å²) in [5.41, 5.74) is 4.70. The molecular formula is C24H29ClN2O. The fourth-order valence-electron chi connectivity index (χ4n) is 3.59. The highest BCUT2D eigenvalue weighted by Crippen LogP contribution is 2.35. The van der Waals surface area contributed by atoms with E-state index < -0.39 is 0 Å². The summed E-state index contributed by atoms with van der Waals surface area (Å²) < 4.78 is 0. The summed E-state index contributed by atoms with van der Waals surface area (Å²) in [6, 6.07) is 14.4. The first-order valence-electron chi connectivity index (χ1n) is 10.0. The largest absolute Gasteiger partial charge is 0.361 e. The molecule has 1 heterocycles. The maximum Gasteiger partial charge on any atom is 0.221 e. The van der Waals surface area contributed by atoms with Crippen molar-refractivity contribution in [2.24, 2.45) is 5.92 Å². The zero-order chi connectivity index (χ0) is 20.3. The van der Waals surface area contributed by atoms with Crippen LogP contribution in [0.25, 0.3) is 10.9 Å². The molecule has 0 saturated heterocycles. The van der Waals surface area contributed by atoms with E-state index in [1.807, 2.05) is 24.3 Å². The predicted octanol–water partition coefficient (Wildman–Crippen LogP) is 6.07. The van der Waals surface area contributed by atoms with Crippen LogP contribution in [0.15, 0.2) is 48.7 Å². The van der Waals surface area contributed by atoms with Gasteiger partial charge in [-0.1, -0.05) is 62.7 Å². The van der Waals surface area contributed by atoms with Crippen LogP contribution in [-0.2, 0) is 11.2 Å². The molecule has 0 spiro atoms. The Morgan fingerprint density at radius 2 is 1.82 bits per heavy atom. The van der Waals surface area contributed by atoms with Gasteiger partial charge in [0.1, 0.15) is 0 Å². The van der Waals surface area contributed by atoms with Gasteiger partial charge in [0.2, 0.25) is 5.91 Å². The number of fused-ring (bicyclic) bond motifs is 1. The topological polar surface area (TPSA) is 44.9 Å². The van der Waals surface area contributed by atoms with E-state index in [2.05, 4.69) is 62.4 Å². The Labute approximate surface area is 172 Å². The summed E-state index contributed by atoms with van der Waals surface area (Å²) in [6.07, 6.45) is 3.43. The maximum absolute atomic E-state index is 12.8. The fraction of sp³-hybridized carbons (Fsp3) is 0.375. The number of aryl methyl sites for hydroxylation is 1. The van der Waals surface area contributed by atoms with Gasteiger partial charge in [0.25, 0.3) is 0 Å². The zero-order valence-electron chi connectivity index (χ0n) is 17.1. The van der Waals surface area contributed by atoms with Crippen LogP contribution in [0.1, 0.15) is 56.7 Å². The minimum Gasteiger partial charge on any atom is -0.361 e. The fourth-order valence-corrected chi connectivity index (χ4v) is 3.72. The lowest BCUT2D eigenvalue weighted by Crippen LogP contribution is -2.36. The molecule has 1 amide bonds. The van der Waals surface area contributed by atoms with E-state index in [1.165, 1.54) is 10.9 Å². The van der Waals surface area contributed by atoms with E-state index in [0.29, 0.717) is 17.4 Å². The molecule has 148 valence electrons. The number of hydrogen-bond donors (Lipinski definition) is 2. The average Bonchev–Trinajstić information content (AvgIpc) is 3.10. The highest BCUT2D eigenvalue weighted by Gasteiger charge is 2.23. The Bertz CT molecular complexity index is 943. The minimum atomic E-state index is -0.0301. The van der Waals surface area contributed by atoms with Crippen LogP contribution in [0.2, 0.25) is 5.02 Å². The lowest BCUT2D eigenvalue weighted by atomic mass is 9.87. The number of carbonyl (C=O) groups is 1. The lowest BCUT2D eigenvalue weighted by molar-refractivity contribution is -0.122. The molecule has 0 aliphatic rings. The van der Waals surface area contributed by atoms with Crippen molar-refractivity contribution in [3.8, 4) is 0 Å². The second-order valence-corrected chi connectivity index (χ2v) is 8.28. The Hall–Kier alpha value is -2.26. The van der Waals surface area contributed by atoms with Crippen molar-refractivity contribution >= 4 is 28.4 Å². The van der Waals surface area contributed by atoms with Crippen LogP contribution >= 0.6 is 11.6 Å². The highest BCUT2D eigenvalue weighted by molar-refractivity contribution is 6.30. The summed E-state index contributed by atoms with van der Waals surface area (Å²) in [6.45, 7) is 8.45. The van der Waals surface area contributed by atoms with Crippen molar-refractivity contribution in [2.75, 3.05) is 0 Å². The maximum atomic E-state index is 12.8. The first-order chi connectivity index (χ1) is 13.4. The minimum absolute atomic E-state index is 0.0301. The summed E-state index contributed by atoms with van der Waals surface area (Å²) in [5.74, 6) is 0.442.